The fraction of sp³-hybridized carbons (Fsp3) is 0.571. The molecule has 3 aromatic rings. The van der Waals surface area contributed by atoms with Gasteiger partial charge in [-0.1, -0.05) is 71.2 Å². The molecule has 0 bridgehead atoms. The minimum absolute atomic E-state index is 0.722. The average Bonchev–Trinajstić information content (AvgIpc) is 3.30. The van der Waals surface area contributed by atoms with Crippen molar-refractivity contribution >= 4 is 32.2 Å². The van der Waals surface area contributed by atoms with E-state index in [1.807, 2.05) is 11.3 Å². The minimum Gasteiger partial charge on any atom is -0.144 e. The Hall–Kier alpha value is -1.34. The molecule has 2 aliphatic rings. The van der Waals surface area contributed by atoms with Crippen molar-refractivity contribution in [3.63, 3.8) is 0 Å². The molecule has 2 saturated carbocycles. The Morgan fingerprint density at radius 3 is 1.83 bits per heavy atom. The molecule has 0 amide bonds. The second kappa shape index (κ2) is 9.21. The van der Waals surface area contributed by atoms with Gasteiger partial charge in [0.1, 0.15) is 0 Å². The second-order valence-electron chi connectivity index (χ2n) is 10.1. The van der Waals surface area contributed by atoms with Crippen LogP contribution in [0.5, 0.6) is 0 Å². The monoisotopic (exact) mass is 408 g/mol. The van der Waals surface area contributed by atoms with Crippen molar-refractivity contribution < 1.29 is 0 Å². The Bertz CT molecular complexity index is 878. The summed E-state index contributed by atoms with van der Waals surface area (Å²) in [6.07, 6.45) is 11.7. The molecule has 0 aliphatic heterocycles. The lowest BCUT2D eigenvalue weighted by Gasteiger charge is -2.33. The first kappa shape index (κ1) is 22.3. The number of aryl methyl sites for hydroxylation is 2. The molecule has 0 unspecified atom stereocenters. The van der Waals surface area contributed by atoms with Gasteiger partial charge in [0, 0.05) is 4.70 Å². The highest BCUT2D eigenvalue weighted by atomic mass is 32.1. The predicted octanol–water partition coefficient (Wildman–Crippen LogP) is 9.84. The number of thiophene rings is 1. The molecular weight excluding hydrogens is 368 g/mol. The third-order valence-electron chi connectivity index (χ3n) is 7.34. The van der Waals surface area contributed by atoms with E-state index in [0.717, 1.165) is 10.8 Å². The van der Waals surface area contributed by atoms with Crippen LogP contribution in [0.15, 0.2) is 35.7 Å². The molecule has 1 aromatic heterocycles. The van der Waals surface area contributed by atoms with Crippen LogP contribution >= 0.6 is 11.3 Å². The van der Waals surface area contributed by atoms with E-state index >= 15 is 0 Å². The molecule has 0 atom stereocenters. The van der Waals surface area contributed by atoms with Crippen LogP contribution in [0.3, 0.4) is 0 Å². The summed E-state index contributed by atoms with van der Waals surface area (Å²) in [6.45, 7) is 13.7. The van der Waals surface area contributed by atoms with Crippen molar-refractivity contribution in [3.8, 4) is 0 Å². The van der Waals surface area contributed by atoms with E-state index in [4.69, 9.17) is 0 Å². The zero-order valence-corrected chi connectivity index (χ0v) is 20.3. The Balaban J connectivity index is 0.000000144. The van der Waals surface area contributed by atoms with E-state index in [1.165, 1.54) is 83.4 Å². The lowest BCUT2D eigenvalue weighted by atomic mass is 9.72. The normalized spacial score (nSPS) is 18.3. The van der Waals surface area contributed by atoms with Crippen molar-refractivity contribution in [1.82, 2.24) is 0 Å². The highest BCUT2D eigenvalue weighted by Gasteiger charge is 2.38. The first-order chi connectivity index (χ1) is 13.8. The van der Waals surface area contributed by atoms with Crippen molar-refractivity contribution in [2.24, 2.45) is 10.8 Å². The fourth-order valence-corrected chi connectivity index (χ4v) is 5.65. The maximum Gasteiger partial charge on any atom is 0.0380 e. The Kier molecular flexibility index (Phi) is 7.10. The molecule has 2 aromatic carbocycles. The van der Waals surface area contributed by atoms with E-state index < -0.39 is 0 Å². The molecule has 158 valence electrons. The Morgan fingerprint density at radius 2 is 1.41 bits per heavy atom. The molecule has 0 radical (unpaired) electrons. The van der Waals surface area contributed by atoms with Gasteiger partial charge in [-0.2, -0.15) is 0 Å². The van der Waals surface area contributed by atoms with Crippen LogP contribution in [0, 0.1) is 24.7 Å². The van der Waals surface area contributed by atoms with Gasteiger partial charge < -0.3 is 0 Å². The van der Waals surface area contributed by atoms with E-state index in [9.17, 15) is 0 Å². The van der Waals surface area contributed by atoms with Gasteiger partial charge in [-0.25, -0.2) is 0 Å². The van der Waals surface area contributed by atoms with E-state index in [2.05, 4.69) is 77.3 Å². The summed E-state index contributed by atoms with van der Waals surface area (Å²) in [4.78, 5) is 0. The van der Waals surface area contributed by atoms with Gasteiger partial charge in [-0.3, -0.25) is 0 Å². The van der Waals surface area contributed by atoms with Crippen LogP contribution in [0.25, 0.3) is 20.9 Å². The molecule has 2 aliphatic carbocycles. The summed E-state index contributed by atoms with van der Waals surface area (Å²) in [5.41, 5.74) is 4.39. The average molecular weight is 409 g/mol. The van der Waals surface area contributed by atoms with E-state index in [-0.39, 0.29) is 0 Å². The smallest absolute Gasteiger partial charge is 0.0380 e. The highest BCUT2D eigenvalue weighted by Crippen LogP contribution is 2.52. The summed E-state index contributed by atoms with van der Waals surface area (Å²) in [5.74, 6) is 0. The standard InChI is InChI=1S/C14H12S.C8H16.C6H12/c1-9-11-5-3-4-6-12(11)10(2)14-13(9)7-8-15-14;1-3-5-8(4-2)6-7-8;1-6(2)4-3-5-6/h3-8H,1-2H3;3-7H2,1-2H3;3-5H2,1-2H3. The molecule has 1 heterocycles. The first-order valence-corrected chi connectivity index (χ1v) is 12.6. The summed E-state index contributed by atoms with van der Waals surface area (Å²) in [7, 11) is 0. The number of fused-ring (bicyclic) bond motifs is 2. The van der Waals surface area contributed by atoms with Crippen LogP contribution in [0.1, 0.15) is 90.2 Å². The lowest BCUT2D eigenvalue weighted by Crippen LogP contribution is -2.20. The Morgan fingerprint density at radius 1 is 0.828 bits per heavy atom. The van der Waals surface area contributed by atoms with Gasteiger partial charge in [0.2, 0.25) is 0 Å². The number of benzene rings is 2. The molecular formula is C28H40S. The van der Waals surface area contributed by atoms with Crippen LogP contribution in [0.2, 0.25) is 0 Å². The minimum atomic E-state index is 0.722. The SMILES string of the molecule is CC1(C)CCC1.CCCC1(CC)CC1.Cc1c2ccccc2c(C)c2sccc12. The third-order valence-corrected chi connectivity index (χ3v) is 8.37. The predicted molar refractivity (Wildman–Crippen MR) is 133 cm³/mol. The van der Waals surface area contributed by atoms with Gasteiger partial charge in [0.05, 0.1) is 0 Å². The van der Waals surface area contributed by atoms with Gasteiger partial charge >= 0.3 is 0 Å². The topological polar surface area (TPSA) is 0 Å². The summed E-state index contributed by atoms with van der Waals surface area (Å²) < 4.78 is 1.44. The number of hydrogen-bond donors (Lipinski definition) is 0. The van der Waals surface area contributed by atoms with Gasteiger partial charge in [0.15, 0.2) is 0 Å². The third kappa shape index (κ3) is 5.23. The summed E-state index contributed by atoms with van der Waals surface area (Å²) in [6, 6.07) is 10.9. The van der Waals surface area contributed by atoms with Gasteiger partial charge in [0.25, 0.3) is 0 Å². The molecule has 0 nitrogen and oxygen atoms in total. The number of hydrogen-bond acceptors (Lipinski definition) is 1. The van der Waals surface area contributed by atoms with Crippen molar-refractivity contribution in [2.75, 3.05) is 0 Å². The van der Waals surface area contributed by atoms with Gasteiger partial charge in [-0.15, -0.1) is 11.3 Å². The maximum atomic E-state index is 2.33. The number of rotatable bonds is 3. The molecule has 0 N–H and O–H groups in total. The molecule has 2 fully saturated rings. The van der Waals surface area contributed by atoms with Gasteiger partial charge in [-0.05, 0) is 95.5 Å². The lowest BCUT2D eigenvalue weighted by molar-refractivity contribution is 0.190. The summed E-state index contributed by atoms with van der Waals surface area (Å²) >= 11 is 1.84. The zero-order chi connectivity index (χ0) is 21.1. The van der Waals surface area contributed by atoms with Crippen LogP contribution < -0.4 is 0 Å². The summed E-state index contributed by atoms with van der Waals surface area (Å²) in [5, 5.41) is 6.38. The molecule has 0 spiro atoms. The van der Waals surface area contributed by atoms with E-state index in [0.29, 0.717) is 0 Å². The largest absolute Gasteiger partial charge is 0.144 e. The first-order valence-electron chi connectivity index (χ1n) is 11.7. The molecule has 5 rings (SSSR count). The highest BCUT2D eigenvalue weighted by molar-refractivity contribution is 7.17. The quantitative estimate of drug-likeness (QED) is 0.404. The molecule has 29 heavy (non-hydrogen) atoms. The second-order valence-corrected chi connectivity index (χ2v) is 11.0. The molecule has 1 heteroatoms. The van der Waals surface area contributed by atoms with Crippen molar-refractivity contribution in [2.45, 2.75) is 92.9 Å². The van der Waals surface area contributed by atoms with E-state index in [1.54, 1.807) is 0 Å². The van der Waals surface area contributed by atoms with Crippen LogP contribution in [-0.2, 0) is 0 Å². The maximum absolute atomic E-state index is 2.33. The zero-order valence-electron chi connectivity index (χ0n) is 19.5. The van der Waals surface area contributed by atoms with Crippen molar-refractivity contribution in [1.29, 1.82) is 0 Å². The van der Waals surface area contributed by atoms with Crippen molar-refractivity contribution in [3.05, 3.63) is 46.8 Å². The van der Waals surface area contributed by atoms with Crippen LogP contribution in [-0.4, -0.2) is 0 Å². The fourth-order valence-electron chi connectivity index (χ4n) is 4.67. The van der Waals surface area contributed by atoms with Crippen LogP contribution in [0.4, 0.5) is 0 Å². The molecule has 0 saturated heterocycles. The Labute approximate surface area is 182 Å².